The zero-order valence-corrected chi connectivity index (χ0v) is 13.7. The highest BCUT2D eigenvalue weighted by molar-refractivity contribution is 5.67. The second kappa shape index (κ2) is 8.48. The summed E-state index contributed by atoms with van der Waals surface area (Å²) in [6, 6.07) is 5.24. The average molecular weight is 310 g/mol. The van der Waals surface area contributed by atoms with Gasteiger partial charge in [-0.2, -0.15) is 0 Å². The third-order valence-corrected chi connectivity index (χ3v) is 2.77. The van der Waals surface area contributed by atoms with Gasteiger partial charge in [-0.05, 0) is 51.4 Å². The summed E-state index contributed by atoms with van der Waals surface area (Å²) < 4.78 is 10.2. The molecule has 0 fully saturated rings. The van der Waals surface area contributed by atoms with Crippen LogP contribution in [0.1, 0.15) is 32.8 Å². The minimum Gasteiger partial charge on any atom is -0.504 e. The number of aromatic hydroxyl groups is 1. The normalized spacial score (nSPS) is 11.1. The minimum atomic E-state index is -0.472. The third-order valence-electron chi connectivity index (χ3n) is 2.77. The number of amides is 1. The minimum absolute atomic E-state index is 0.132. The molecule has 6 nitrogen and oxygen atoms in total. The first-order valence-corrected chi connectivity index (χ1v) is 7.35. The van der Waals surface area contributed by atoms with Gasteiger partial charge in [0.15, 0.2) is 11.5 Å². The molecule has 0 radical (unpaired) electrons. The molecular formula is C16H26N2O4. The van der Waals surface area contributed by atoms with Crippen LogP contribution >= 0.6 is 0 Å². The molecule has 6 heteroatoms. The van der Waals surface area contributed by atoms with E-state index in [2.05, 4.69) is 10.6 Å². The van der Waals surface area contributed by atoms with Gasteiger partial charge < -0.3 is 25.2 Å². The van der Waals surface area contributed by atoms with E-state index in [9.17, 15) is 9.90 Å². The van der Waals surface area contributed by atoms with Crippen molar-refractivity contribution < 1.29 is 19.4 Å². The lowest BCUT2D eigenvalue weighted by Gasteiger charge is -2.19. The summed E-state index contributed by atoms with van der Waals surface area (Å²) in [5.74, 6) is 0.596. The van der Waals surface area contributed by atoms with E-state index in [-0.39, 0.29) is 5.75 Å². The molecule has 1 aromatic carbocycles. The van der Waals surface area contributed by atoms with Gasteiger partial charge in [0.1, 0.15) is 5.60 Å². The molecule has 0 aliphatic carbocycles. The van der Waals surface area contributed by atoms with E-state index in [4.69, 9.17) is 9.47 Å². The topological polar surface area (TPSA) is 79.8 Å². The molecule has 0 unspecified atom stereocenters. The third kappa shape index (κ3) is 7.17. The molecule has 0 spiro atoms. The Kier molecular flexibility index (Phi) is 6.98. The highest BCUT2D eigenvalue weighted by atomic mass is 16.6. The quantitative estimate of drug-likeness (QED) is 0.674. The van der Waals surface area contributed by atoms with Crippen molar-refractivity contribution >= 4 is 6.09 Å². The molecule has 1 rings (SSSR count). The van der Waals surface area contributed by atoms with E-state index in [1.807, 2.05) is 26.8 Å². The van der Waals surface area contributed by atoms with Crippen LogP contribution in [0.4, 0.5) is 4.79 Å². The molecule has 0 saturated carbocycles. The number of hydrogen-bond donors (Lipinski definition) is 3. The number of hydrogen-bond acceptors (Lipinski definition) is 5. The number of nitrogens with one attached hydrogen (secondary N) is 2. The number of ether oxygens (including phenoxy) is 2. The van der Waals surface area contributed by atoms with Gasteiger partial charge in [0.05, 0.1) is 7.11 Å². The monoisotopic (exact) mass is 310 g/mol. The van der Waals surface area contributed by atoms with Gasteiger partial charge in [-0.25, -0.2) is 4.79 Å². The van der Waals surface area contributed by atoms with Gasteiger partial charge >= 0.3 is 6.09 Å². The number of carbonyl (C=O) groups excluding carboxylic acids is 1. The number of benzene rings is 1. The second-order valence-electron chi connectivity index (χ2n) is 5.97. The first-order valence-electron chi connectivity index (χ1n) is 7.35. The van der Waals surface area contributed by atoms with Crippen LogP contribution in [-0.4, -0.2) is 37.0 Å². The van der Waals surface area contributed by atoms with E-state index in [0.717, 1.165) is 18.5 Å². The van der Waals surface area contributed by atoms with Crippen molar-refractivity contribution in [3.8, 4) is 11.5 Å². The van der Waals surface area contributed by atoms with Gasteiger partial charge in [-0.15, -0.1) is 0 Å². The fraction of sp³-hybridized carbons (Fsp3) is 0.562. The van der Waals surface area contributed by atoms with E-state index >= 15 is 0 Å². The van der Waals surface area contributed by atoms with Crippen molar-refractivity contribution in [1.82, 2.24) is 10.6 Å². The van der Waals surface area contributed by atoms with Gasteiger partial charge in [0, 0.05) is 13.1 Å². The Labute approximate surface area is 131 Å². The van der Waals surface area contributed by atoms with Crippen LogP contribution in [0.5, 0.6) is 11.5 Å². The fourth-order valence-electron chi connectivity index (χ4n) is 1.78. The maximum absolute atomic E-state index is 11.4. The van der Waals surface area contributed by atoms with Crippen LogP contribution in [0.15, 0.2) is 18.2 Å². The van der Waals surface area contributed by atoms with Crippen LogP contribution in [0.2, 0.25) is 0 Å². The van der Waals surface area contributed by atoms with Crippen LogP contribution in [-0.2, 0) is 11.3 Å². The van der Waals surface area contributed by atoms with Gasteiger partial charge in [0.25, 0.3) is 0 Å². The summed E-state index contributed by atoms with van der Waals surface area (Å²) in [6.07, 6.45) is 0.407. The molecule has 0 aromatic heterocycles. The number of carbonyl (C=O) groups is 1. The standard InChI is InChI=1S/C16H26N2O4/c1-16(2,3)22-15(20)18-9-5-8-17-11-12-6-7-13(19)14(10-12)21-4/h6-7,10,17,19H,5,8-9,11H2,1-4H3,(H,18,20). The molecule has 0 bridgehead atoms. The van der Waals surface area contributed by atoms with E-state index in [1.54, 1.807) is 12.1 Å². The smallest absolute Gasteiger partial charge is 0.407 e. The largest absolute Gasteiger partial charge is 0.504 e. The van der Waals surface area contributed by atoms with Crippen LogP contribution in [0.3, 0.4) is 0 Å². The molecule has 1 amide bonds. The van der Waals surface area contributed by atoms with Crippen LogP contribution in [0.25, 0.3) is 0 Å². The first kappa shape index (κ1) is 18.1. The van der Waals surface area contributed by atoms with Gasteiger partial charge in [-0.1, -0.05) is 6.07 Å². The molecule has 0 aliphatic heterocycles. The first-order chi connectivity index (χ1) is 10.3. The molecule has 1 aromatic rings. The van der Waals surface area contributed by atoms with Gasteiger partial charge in [-0.3, -0.25) is 0 Å². The van der Waals surface area contributed by atoms with E-state index in [0.29, 0.717) is 18.8 Å². The average Bonchev–Trinajstić information content (AvgIpc) is 2.42. The number of methoxy groups -OCH3 is 1. The number of rotatable bonds is 7. The molecule has 0 aliphatic rings. The number of phenolic OH excluding ortho intramolecular Hbond substituents is 1. The molecule has 0 atom stereocenters. The summed E-state index contributed by atoms with van der Waals surface area (Å²) in [4.78, 5) is 11.4. The van der Waals surface area contributed by atoms with Crippen molar-refractivity contribution in [3.63, 3.8) is 0 Å². The zero-order valence-electron chi connectivity index (χ0n) is 13.7. The summed E-state index contributed by atoms with van der Waals surface area (Å²) >= 11 is 0. The summed E-state index contributed by atoms with van der Waals surface area (Å²) in [5.41, 5.74) is 0.551. The Balaban J connectivity index is 2.17. The van der Waals surface area contributed by atoms with Crippen molar-refractivity contribution in [2.45, 2.75) is 39.3 Å². The lowest BCUT2D eigenvalue weighted by molar-refractivity contribution is 0.0527. The molecular weight excluding hydrogens is 284 g/mol. The highest BCUT2D eigenvalue weighted by Crippen LogP contribution is 2.26. The summed E-state index contributed by atoms with van der Waals surface area (Å²) in [6.45, 7) is 7.49. The zero-order chi connectivity index (χ0) is 16.6. The second-order valence-corrected chi connectivity index (χ2v) is 5.97. The molecule has 0 saturated heterocycles. The van der Waals surface area contributed by atoms with Crippen LogP contribution < -0.4 is 15.4 Å². The number of phenols is 1. The predicted octanol–water partition coefficient (Wildman–Crippen LogP) is 2.41. The van der Waals surface area contributed by atoms with Crippen molar-refractivity contribution in [2.24, 2.45) is 0 Å². The van der Waals surface area contributed by atoms with E-state index < -0.39 is 11.7 Å². The number of alkyl carbamates (subject to hydrolysis) is 1. The van der Waals surface area contributed by atoms with E-state index in [1.165, 1.54) is 7.11 Å². The fourth-order valence-corrected chi connectivity index (χ4v) is 1.78. The predicted molar refractivity (Wildman–Crippen MR) is 85.2 cm³/mol. The maximum Gasteiger partial charge on any atom is 0.407 e. The van der Waals surface area contributed by atoms with Gasteiger partial charge in [0.2, 0.25) is 0 Å². The van der Waals surface area contributed by atoms with Crippen molar-refractivity contribution in [1.29, 1.82) is 0 Å². The summed E-state index contributed by atoms with van der Waals surface area (Å²) in [7, 11) is 1.52. The van der Waals surface area contributed by atoms with Crippen molar-refractivity contribution in [3.05, 3.63) is 23.8 Å². The lowest BCUT2D eigenvalue weighted by Crippen LogP contribution is -2.33. The Hall–Kier alpha value is -1.95. The lowest BCUT2D eigenvalue weighted by atomic mass is 10.2. The molecule has 3 N–H and O–H groups in total. The highest BCUT2D eigenvalue weighted by Gasteiger charge is 2.15. The Morgan fingerprint density at radius 3 is 2.64 bits per heavy atom. The SMILES string of the molecule is COc1cc(CNCCCNC(=O)OC(C)(C)C)ccc1O. The molecule has 124 valence electrons. The Bertz CT molecular complexity index is 484. The summed E-state index contributed by atoms with van der Waals surface area (Å²) in [5, 5.41) is 15.5. The Morgan fingerprint density at radius 2 is 2.00 bits per heavy atom. The molecule has 0 heterocycles. The Morgan fingerprint density at radius 1 is 1.27 bits per heavy atom. The maximum atomic E-state index is 11.4. The van der Waals surface area contributed by atoms with Crippen molar-refractivity contribution in [2.75, 3.05) is 20.2 Å². The molecule has 22 heavy (non-hydrogen) atoms. The van der Waals surface area contributed by atoms with Crippen LogP contribution in [0, 0.1) is 0 Å².